The molecule has 0 aliphatic heterocycles. The molecule has 0 aromatic heterocycles. The highest BCUT2D eigenvalue weighted by Gasteiger charge is 2.38. The van der Waals surface area contributed by atoms with Crippen LogP contribution in [-0.4, -0.2) is 239 Å². The number of nitrogens with zero attached hydrogens (tertiary/aromatic N) is 3. The van der Waals surface area contributed by atoms with Gasteiger partial charge in [-0.15, -0.1) is 0 Å². The monoisotopic (exact) mass is 1510 g/mol. The van der Waals surface area contributed by atoms with Crippen LogP contribution in [0.3, 0.4) is 0 Å². The van der Waals surface area contributed by atoms with Gasteiger partial charge in [-0.25, -0.2) is 4.79 Å². The Bertz CT molecular complexity index is 3120. The topological polar surface area (TPSA) is 755 Å². The molecule has 0 aliphatic carbocycles. The number of guanidine groups is 3. The Morgan fingerprint density at radius 1 is 0.423 bits per heavy atom. The Labute approximate surface area is 611 Å². The fraction of sp³-hybridized carbons (Fsp3) is 0.617. The van der Waals surface area contributed by atoms with Gasteiger partial charge in [-0.1, -0.05) is 31.9 Å². The molecule has 0 saturated heterocycles. The Balaban J connectivity index is 3.57. The molecule has 0 radical (unpaired) electrons. The van der Waals surface area contributed by atoms with Crippen LogP contribution in [0.5, 0.6) is 5.75 Å². The molecule has 584 valence electrons. The number of phenolic OH excluding ortho intramolecular Hbond substituents is 1. The molecule has 1 aromatic rings. The van der Waals surface area contributed by atoms with Crippen molar-refractivity contribution < 1.29 is 82.4 Å². The van der Waals surface area contributed by atoms with Gasteiger partial charge in [0.15, 0.2) is 17.9 Å². The smallest absolute Gasteiger partial charge is 0.326 e. The fourth-order valence-corrected chi connectivity index (χ4v) is 10.1. The van der Waals surface area contributed by atoms with E-state index in [2.05, 4.69) is 98.7 Å². The number of nitrogens with one attached hydrogen (secondary N) is 11. The standard InChI is InChI=1S/C60H105N25O17S2/c1-3-4-8-39(57(101)102)81-48(92)34(10-6-23-73-59(68)69)75-49(93)36(16-17-43(64)88)78-54(98)42(28-104)84-51(95)37(18-20-61)79-50(94)38(19-21-62)80-56(100)45(29(2)86)85-52(96)35(11-7-24-74-60(70)71)76-47(91)33(9-5-22-72-58(66)67)77-53(97)40(26-44(65)89)82-55(99)41(27-103)83-46(90)32(63)25-30-12-14-31(87)15-13-30/h12-15,29,32-42,45,86-87,103-104H,3-11,16-28,61-63H2,1-2H3,(H2,64,88)(H2,65,89)(H,75,93)(H,76,91)(H,77,97)(H,78,98)(H,79,94)(H,80,100)(H,81,92)(H,82,99)(H,83,90)(H,84,95)(H,85,96)(H,101,102)(H4,66,67,72)(H4,68,69,73)(H4,70,71,74)/t29-,32+,33+,34+,35+,36+,37+,38-,39+,40+,41+,42+,45+/m1/s1. The van der Waals surface area contributed by atoms with E-state index < -0.39 is 186 Å². The van der Waals surface area contributed by atoms with Crippen LogP contribution in [0.1, 0.15) is 109 Å². The molecule has 44 heteroatoms. The number of carboxylic acid groups (broad SMARTS) is 1. The molecule has 1 rings (SSSR count). The largest absolute Gasteiger partial charge is 0.508 e. The third-order valence-corrected chi connectivity index (χ3v) is 15.9. The number of hydrogen-bond acceptors (Lipinski definition) is 24. The number of amides is 13. The summed E-state index contributed by atoms with van der Waals surface area (Å²) >= 11 is 8.36. The van der Waals surface area contributed by atoms with E-state index in [0.717, 1.165) is 6.92 Å². The highest BCUT2D eigenvalue weighted by atomic mass is 32.1. The average Bonchev–Trinajstić information content (AvgIpc) is 0.858. The summed E-state index contributed by atoms with van der Waals surface area (Å²) in [5, 5.41) is 56.9. The quantitative estimate of drug-likeness (QED) is 0.0125. The normalized spacial score (nSPS) is 14.7. The first-order valence-corrected chi connectivity index (χ1v) is 34.4. The minimum Gasteiger partial charge on any atom is -0.508 e. The number of hydrogen-bond donors (Lipinski definition) is 27. The van der Waals surface area contributed by atoms with E-state index in [0.29, 0.717) is 18.4 Å². The van der Waals surface area contributed by atoms with E-state index in [9.17, 15) is 82.4 Å². The van der Waals surface area contributed by atoms with Crippen molar-refractivity contribution in [2.75, 3.05) is 44.2 Å². The number of aliphatic carboxylic acids is 1. The lowest BCUT2D eigenvalue weighted by atomic mass is 10.0. The maximum atomic E-state index is 14.4. The van der Waals surface area contributed by atoms with Crippen molar-refractivity contribution in [2.24, 2.45) is 78.0 Å². The predicted molar refractivity (Wildman–Crippen MR) is 387 cm³/mol. The molecular weight excluding hydrogens is 1410 g/mol. The van der Waals surface area contributed by atoms with Crippen molar-refractivity contribution in [3.05, 3.63) is 29.8 Å². The summed E-state index contributed by atoms with van der Waals surface area (Å²) in [7, 11) is 0. The number of aromatic hydroxyl groups is 1. The van der Waals surface area contributed by atoms with Crippen molar-refractivity contribution in [2.45, 2.75) is 189 Å². The summed E-state index contributed by atoms with van der Waals surface area (Å²) in [5.74, 6) is -16.7. The molecule has 104 heavy (non-hydrogen) atoms. The lowest BCUT2D eigenvalue weighted by Crippen LogP contribution is -2.62. The number of primary amides is 2. The third-order valence-electron chi connectivity index (χ3n) is 15.1. The summed E-state index contributed by atoms with van der Waals surface area (Å²) in [5.41, 5.74) is 62.1. The van der Waals surface area contributed by atoms with Gasteiger partial charge >= 0.3 is 5.97 Å². The third kappa shape index (κ3) is 36.7. The summed E-state index contributed by atoms with van der Waals surface area (Å²) in [6, 6.07) is -13.1. The van der Waals surface area contributed by atoms with Gasteiger partial charge in [-0.2, -0.15) is 25.3 Å². The number of unbranched alkanes of at least 4 members (excludes halogenated alkanes) is 1. The van der Waals surface area contributed by atoms with E-state index in [1.807, 2.05) is 6.92 Å². The number of aliphatic hydroxyl groups is 1. The first-order chi connectivity index (χ1) is 49.0. The van der Waals surface area contributed by atoms with E-state index in [1.54, 1.807) is 0 Å². The van der Waals surface area contributed by atoms with Crippen molar-refractivity contribution in [1.29, 1.82) is 0 Å². The van der Waals surface area contributed by atoms with E-state index in [4.69, 9.17) is 63.1 Å². The van der Waals surface area contributed by atoms with Gasteiger partial charge in [-0.05, 0) is 108 Å². The minimum absolute atomic E-state index is 0.00625. The van der Waals surface area contributed by atoms with Gasteiger partial charge in [0.1, 0.15) is 72.2 Å². The molecule has 0 bridgehead atoms. The first kappa shape index (κ1) is 92.0. The molecule has 42 nitrogen and oxygen atoms in total. The zero-order chi connectivity index (χ0) is 78.8. The van der Waals surface area contributed by atoms with Gasteiger partial charge in [-0.3, -0.25) is 77.3 Å². The molecule has 13 amide bonds. The molecule has 0 unspecified atom stereocenters. The second-order valence-electron chi connectivity index (χ2n) is 23.8. The lowest BCUT2D eigenvalue weighted by molar-refractivity contribution is -0.142. The summed E-state index contributed by atoms with van der Waals surface area (Å²) < 4.78 is 0. The Kier molecular flexibility index (Phi) is 43.8. The zero-order valence-electron chi connectivity index (χ0n) is 58.0. The van der Waals surface area contributed by atoms with Gasteiger partial charge < -0.3 is 137 Å². The van der Waals surface area contributed by atoms with Crippen molar-refractivity contribution in [3.8, 4) is 5.75 Å². The van der Waals surface area contributed by atoms with E-state index >= 15 is 0 Å². The van der Waals surface area contributed by atoms with Crippen LogP contribution in [0.25, 0.3) is 0 Å². The number of rotatable bonds is 52. The molecule has 1 aromatic carbocycles. The van der Waals surface area contributed by atoms with Crippen molar-refractivity contribution in [1.82, 2.24) is 58.5 Å². The summed E-state index contributed by atoms with van der Waals surface area (Å²) in [4.78, 5) is 201. The Morgan fingerprint density at radius 2 is 0.740 bits per heavy atom. The van der Waals surface area contributed by atoms with Crippen molar-refractivity contribution >= 4 is 126 Å². The van der Waals surface area contributed by atoms with Crippen LogP contribution in [0.4, 0.5) is 0 Å². The highest BCUT2D eigenvalue weighted by Crippen LogP contribution is 2.13. The van der Waals surface area contributed by atoms with E-state index in [-0.39, 0.29) is 126 Å². The molecule has 0 heterocycles. The zero-order valence-corrected chi connectivity index (χ0v) is 59.8. The fourth-order valence-electron chi connectivity index (χ4n) is 9.56. The van der Waals surface area contributed by atoms with Gasteiger partial charge in [0, 0.05) is 37.6 Å². The van der Waals surface area contributed by atoms with Gasteiger partial charge in [0.25, 0.3) is 0 Å². The van der Waals surface area contributed by atoms with Crippen molar-refractivity contribution in [3.63, 3.8) is 0 Å². The molecule has 13 atom stereocenters. The van der Waals surface area contributed by atoms with Gasteiger partial charge in [0.2, 0.25) is 76.8 Å². The minimum atomic E-state index is -1.94. The number of benzene rings is 1. The number of carboxylic acids is 1. The SMILES string of the molecule is CCCC[C@H](NC(=O)[C@H](CCCN=C(N)N)NC(=O)[C@H](CCC(N)=O)NC(=O)[C@H](CS)NC(=O)[C@H](CCN)NC(=O)[C@@H](CCN)NC(=O)[C@@H](NC(=O)[C@H](CCCN=C(N)N)NC(=O)[C@H](CCCN=C(N)N)NC(=O)[C@H](CC(N)=O)NC(=O)[C@H](CS)NC(=O)[C@@H](N)Cc1ccc(O)cc1)[C@@H](C)O)C(=O)O. The second-order valence-corrected chi connectivity index (χ2v) is 24.6. The molecule has 0 saturated carbocycles. The Morgan fingerprint density at radius 3 is 1.09 bits per heavy atom. The van der Waals surface area contributed by atoms with Crippen LogP contribution < -0.4 is 122 Å². The van der Waals surface area contributed by atoms with Crippen LogP contribution >= 0.6 is 25.3 Å². The highest BCUT2D eigenvalue weighted by molar-refractivity contribution is 7.80. The maximum Gasteiger partial charge on any atom is 0.326 e. The number of aliphatic imine (C=N–C) groups is 3. The second kappa shape index (κ2) is 49.5. The lowest BCUT2D eigenvalue weighted by Gasteiger charge is -2.29. The number of thiol groups is 2. The molecular formula is C60H105N25O17S2. The summed E-state index contributed by atoms with van der Waals surface area (Å²) in [6.07, 6.45) is -3.87. The van der Waals surface area contributed by atoms with Gasteiger partial charge in [0.05, 0.1) is 18.6 Å². The molecule has 0 fully saturated rings. The maximum absolute atomic E-state index is 14.4. The summed E-state index contributed by atoms with van der Waals surface area (Å²) in [6.45, 7) is 2.08. The predicted octanol–water partition coefficient (Wildman–Crippen LogP) is -10.9. The van der Waals surface area contributed by atoms with Crippen LogP contribution in [-0.2, 0) is 73.5 Å². The molecule has 0 spiro atoms. The molecule has 36 N–H and O–H groups in total. The van der Waals surface area contributed by atoms with Crippen LogP contribution in [0, 0.1) is 0 Å². The molecule has 0 aliphatic rings. The Hall–Kier alpha value is -10.1. The number of carbonyl (C=O) groups is 14. The number of aliphatic hydroxyl groups excluding tert-OH is 1. The number of phenols is 1. The number of carbonyl (C=O) groups excluding carboxylic acids is 13. The number of nitrogens with two attached hydrogens (primary N) is 11. The van der Waals surface area contributed by atoms with Crippen LogP contribution in [0.2, 0.25) is 0 Å². The van der Waals surface area contributed by atoms with Crippen LogP contribution in [0.15, 0.2) is 39.2 Å². The van der Waals surface area contributed by atoms with E-state index in [1.165, 1.54) is 24.3 Å². The first-order valence-electron chi connectivity index (χ1n) is 33.2. The average molecular weight is 1510 g/mol.